The highest BCUT2D eigenvalue weighted by molar-refractivity contribution is 9.10. The molecule has 3 aromatic rings. The fraction of sp³-hybridized carbons (Fsp3) is 0.0714. The second-order valence-corrected chi connectivity index (χ2v) is 5.15. The molecule has 0 aliphatic carbocycles. The Morgan fingerprint density at radius 3 is 2.68 bits per heavy atom. The van der Waals surface area contributed by atoms with Crippen LogP contribution in [0.15, 0.2) is 39.2 Å². The molecule has 0 amide bonds. The minimum atomic E-state index is 0.126. The van der Waals surface area contributed by atoms with Crippen LogP contribution in [0, 0.1) is 6.92 Å². The van der Waals surface area contributed by atoms with E-state index in [0.717, 1.165) is 11.1 Å². The molecule has 3 rings (SSSR count). The summed E-state index contributed by atoms with van der Waals surface area (Å²) >= 11 is 3.33. The minimum Gasteiger partial charge on any atom is -0.508 e. The van der Waals surface area contributed by atoms with Gasteiger partial charge >= 0.3 is 0 Å². The molecule has 96 valence electrons. The highest BCUT2D eigenvalue weighted by Gasteiger charge is 2.12. The van der Waals surface area contributed by atoms with E-state index in [2.05, 4.69) is 20.9 Å². The Morgan fingerprint density at radius 2 is 1.95 bits per heavy atom. The van der Waals surface area contributed by atoms with E-state index in [1.807, 2.05) is 6.92 Å². The lowest BCUT2D eigenvalue weighted by Gasteiger charge is -2.00. The van der Waals surface area contributed by atoms with Crippen molar-refractivity contribution in [3.8, 4) is 23.0 Å². The molecule has 19 heavy (non-hydrogen) atoms. The van der Waals surface area contributed by atoms with E-state index in [9.17, 15) is 10.2 Å². The summed E-state index contributed by atoms with van der Waals surface area (Å²) in [4.78, 5) is 4.34. The van der Waals surface area contributed by atoms with Gasteiger partial charge < -0.3 is 14.6 Å². The van der Waals surface area contributed by atoms with Crippen molar-refractivity contribution in [2.45, 2.75) is 6.92 Å². The molecular weight excluding hydrogens is 310 g/mol. The van der Waals surface area contributed by atoms with Crippen LogP contribution >= 0.6 is 15.9 Å². The number of aromatic nitrogens is 1. The van der Waals surface area contributed by atoms with Crippen LogP contribution in [-0.4, -0.2) is 15.2 Å². The summed E-state index contributed by atoms with van der Waals surface area (Å²) in [6, 6.07) is 8.24. The Bertz CT molecular complexity index is 780. The van der Waals surface area contributed by atoms with Gasteiger partial charge in [0.15, 0.2) is 5.58 Å². The number of hydrogen-bond acceptors (Lipinski definition) is 4. The predicted octanol–water partition coefficient (Wildman–Crippen LogP) is 3.98. The van der Waals surface area contributed by atoms with Crippen molar-refractivity contribution in [1.29, 1.82) is 0 Å². The molecule has 2 N–H and O–H groups in total. The minimum absolute atomic E-state index is 0.126. The number of rotatable bonds is 1. The molecule has 0 saturated carbocycles. The molecule has 0 aliphatic heterocycles. The average molecular weight is 320 g/mol. The molecule has 5 heteroatoms. The van der Waals surface area contributed by atoms with Crippen molar-refractivity contribution >= 4 is 27.0 Å². The van der Waals surface area contributed by atoms with Crippen LogP contribution in [0.1, 0.15) is 5.56 Å². The number of phenolic OH excluding ortho intramolecular Hbond substituents is 2. The zero-order chi connectivity index (χ0) is 13.6. The Morgan fingerprint density at radius 1 is 1.16 bits per heavy atom. The molecule has 2 aromatic carbocycles. The Labute approximate surface area is 117 Å². The number of aromatic hydroxyl groups is 2. The Kier molecular flexibility index (Phi) is 2.71. The Balaban J connectivity index is 2.20. The van der Waals surface area contributed by atoms with Gasteiger partial charge in [-0.1, -0.05) is 0 Å². The van der Waals surface area contributed by atoms with Gasteiger partial charge in [0.25, 0.3) is 0 Å². The molecule has 1 heterocycles. The van der Waals surface area contributed by atoms with Gasteiger partial charge in [-0.25, -0.2) is 4.98 Å². The topological polar surface area (TPSA) is 66.5 Å². The van der Waals surface area contributed by atoms with Gasteiger partial charge in [-0.3, -0.25) is 0 Å². The summed E-state index contributed by atoms with van der Waals surface area (Å²) < 4.78 is 6.33. The number of aryl methyl sites for hydroxylation is 1. The summed E-state index contributed by atoms with van der Waals surface area (Å²) in [6.07, 6.45) is 0. The largest absolute Gasteiger partial charge is 0.508 e. The number of halogens is 1. The first kappa shape index (κ1) is 12.0. The molecule has 4 nitrogen and oxygen atoms in total. The SMILES string of the molecule is Cc1cc(-c2nc3cc(O)cc(Br)c3o2)ccc1O. The zero-order valence-electron chi connectivity index (χ0n) is 10.0. The summed E-state index contributed by atoms with van der Waals surface area (Å²) in [5.41, 5.74) is 2.69. The molecule has 0 spiro atoms. The van der Waals surface area contributed by atoms with Crippen LogP contribution in [0.5, 0.6) is 11.5 Å². The summed E-state index contributed by atoms with van der Waals surface area (Å²) in [5, 5.41) is 19.0. The van der Waals surface area contributed by atoms with Crippen molar-refractivity contribution in [1.82, 2.24) is 4.98 Å². The van der Waals surface area contributed by atoms with Gasteiger partial charge in [0, 0.05) is 11.6 Å². The number of benzene rings is 2. The van der Waals surface area contributed by atoms with Gasteiger partial charge in [-0.2, -0.15) is 0 Å². The van der Waals surface area contributed by atoms with Crippen molar-refractivity contribution in [3.63, 3.8) is 0 Å². The first-order valence-electron chi connectivity index (χ1n) is 5.63. The monoisotopic (exact) mass is 319 g/mol. The lowest BCUT2D eigenvalue weighted by Crippen LogP contribution is -1.80. The standard InChI is InChI=1S/C14H10BrNO3/c1-7-4-8(2-3-12(7)18)14-16-11-6-9(17)5-10(15)13(11)19-14/h2-6,17-18H,1H3. The molecule has 0 atom stereocenters. The molecule has 0 bridgehead atoms. The third-order valence-electron chi connectivity index (χ3n) is 2.87. The van der Waals surface area contributed by atoms with Crippen LogP contribution in [-0.2, 0) is 0 Å². The lowest BCUT2D eigenvalue weighted by atomic mass is 10.1. The van der Waals surface area contributed by atoms with Gasteiger partial charge in [0.2, 0.25) is 5.89 Å². The number of nitrogens with zero attached hydrogens (tertiary/aromatic N) is 1. The van der Waals surface area contributed by atoms with Crippen molar-refractivity contribution < 1.29 is 14.6 Å². The second kappa shape index (κ2) is 4.28. The fourth-order valence-electron chi connectivity index (χ4n) is 1.89. The van der Waals surface area contributed by atoms with Crippen molar-refractivity contribution in [2.75, 3.05) is 0 Å². The third-order valence-corrected chi connectivity index (χ3v) is 3.46. The van der Waals surface area contributed by atoms with Gasteiger partial charge in [-0.05, 0) is 52.7 Å². The summed E-state index contributed by atoms with van der Waals surface area (Å²) in [5.74, 6) is 0.809. The molecule has 1 aromatic heterocycles. The smallest absolute Gasteiger partial charge is 0.227 e. The fourth-order valence-corrected chi connectivity index (χ4v) is 2.41. The van der Waals surface area contributed by atoms with Gasteiger partial charge in [0.05, 0.1) is 4.47 Å². The van der Waals surface area contributed by atoms with Gasteiger partial charge in [0.1, 0.15) is 17.0 Å². The first-order valence-corrected chi connectivity index (χ1v) is 6.43. The van der Waals surface area contributed by atoms with Crippen LogP contribution < -0.4 is 0 Å². The van der Waals surface area contributed by atoms with E-state index in [0.29, 0.717) is 21.5 Å². The molecule has 0 unspecified atom stereocenters. The summed E-state index contributed by atoms with van der Waals surface area (Å²) in [6.45, 7) is 1.81. The van der Waals surface area contributed by atoms with Crippen LogP contribution in [0.3, 0.4) is 0 Å². The highest BCUT2D eigenvalue weighted by atomic mass is 79.9. The highest BCUT2D eigenvalue weighted by Crippen LogP contribution is 2.33. The van der Waals surface area contributed by atoms with E-state index >= 15 is 0 Å². The first-order chi connectivity index (χ1) is 9.04. The van der Waals surface area contributed by atoms with E-state index < -0.39 is 0 Å². The molecule has 0 fully saturated rings. The molecular formula is C14H10BrNO3. The molecule has 0 saturated heterocycles. The van der Waals surface area contributed by atoms with E-state index in [4.69, 9.17) is 4.42 Å². The number of phenols is 2. The molecule has 0 radical (unpaired) electrons. The third kappa shape index (κ3) is 2.06. The molecule has 0 aliphatic rings. The average Bonchev–Trinajstić information content (AvgIpc) is 2.76. The normalized spacial score (nSPS) is 11.1. The number of fused-ring (bicyclic) bond motifs is 1. The van der Waals surface area contributed by atoms with Crippen LogP contribution in [0.2, 0.25) is 0 Å². The van der Waals surface area contributed by atoms with E-state index in [1.54, 1.807) is 30.3 Å². The summed E-state index contributed by atoms with van der Waals surface area (Å²) in [7, 11) is 0. The second-order valence-electron chi connectivity index (χ2n) is 4.30. The van der Waals surface area contributed by atoms with Gasteiger partial charge in [-0.15, -0.1) is 0 Å². The maximum atomic E-state index is 9.53. The number of hydrogen-bond donors (Lipinski definition) is 2. The van der Waals surface area contributed by atoms with Crippen LogP contribution in [0.4, 0.5) is 0 Å². The quantitative estimate of drug-likeness (QED) is 0.712. The van der Waals surface area contributed by atoms with Crippen molar-refractivity contribution in [3.05, 3.63) is 40.4 Å². The lowest BCUT2D eigenvalue weighted by molar-refractivity contribution is 0.471. The van der Waals surface area contributed by atoms with Crippen LogP contribution in [0.25, 0.3) is 22.6 Å². The maximum absolute atomic E-state index is 9.53. The van der Waals surface area contributed by atoms with Crippen molar-refractivity contribution in [2.24, 2.45) is 0 Å². The maximum Gasteiger partial charge on any atom is 0.227 e. The Hall–Kier alpha value is -2.01. The van der Waals surface area contributed by atoms with E-state index in [1.165, 1.54) is 0 Å². The van der Waals surface area contributed by atoms with E-state index in [-0.39, 0.29) is 11.5 Å². The predicted molar refractivity (Wildman–Crippen MR) is 75.2 cm³/mol. The number of oxazole rings is 1. The zero-order valence-corrected chi connectivity index (χ0v) is 11.6.